The predicted octanol–water partition coefficient (Wildman–Crippen LogP) is 0.462. The summed E-state index contributed by atoms with van der Waals surface area (Å²) >= 11 is 0. The van der Waals surface area contributed by atoms with Gasteiger partial charge < -0.3 is 15.7 Å². The molecule has 0 fully saturated rings. The number of carbonyl (C=O) groups excluding carboxylic acids is 1. The number of amides is 2. The number of aliphatic carboxylic acids is 1. The van der Waals surface area contributed by atoms with Gasteiger partial charge in [0.2, 0.25) is 0 Å². The molecule has 0 unspecified atom stereocenters. The minimum Gasteiger partial charge on any atom is -0.480 e. The first-order chi connectivity index (χ1) is 8.13. The molecule has 0 saturated heterocycles. The second kappa shape index (κ2) is 6.51. The number of nitrogens with one attached hydrogen (secondary N) is 3. The number of aromatic amines is 1. The van der Waals surface area contributed by atoms with E-state index in [1.54, 1.807) is 12.4 Å². The zero-order valence-corrected chi connectivity index (χ0v) is 9.56. The van der Waals surface area contributed by atoms with E-state index < -0.39 is 18.0 Å². The summed E-state index contributed by atoms with van der Waals surface area (Å²) in [5, 5.41) is 20.1. The molecule has 0 aliphatic carbocycles. The molecule has 0 aromatic carbocycles. The largest absolute Gasteiger partial charge is 0.480 e. The standard InChI is InChI=1S/C10H16N4O3/c1-2-3-8(9(15)16)14-10(17)11-4-7-5-12-13-6-7/h5-6,8H,2-4H2,1H3,(H,12,13)(H,15,16)(H2,11,14,17)/t8-/m1/s1. The molecule has 7 nitrogen and oxygen atoms in total. The van der Waals surface area contributed by atoms with Crippen LogP contribution in [0, 0.1) is 0 Å². The summed E-state index contributed by atoms with van der Waals surface area (Å²) in [6.07, 6.45) is 4.34. The summed E-state index contributed by atoms with van der Waals surface area (Å²) in [4.78, 5) is 22.2. The van der Waals surface area contributed by atoms with E-state index in [1.165, 1.54) is 0 Å². The van der Waals surface area contributed by atoms with Crippen molar-refractivity contribution in [2.24, 2.45) is 0 Å². The fourth-order valence-electron chi connectivity index (χ4n) is 1.31. The monoisotopic (exact) mass is 240 g/mol. The van der Waals surface area contributed by atoms with E-state index in [2.05, 4.69) is 20.8 Å². The quantitative estimate of drug-likeness (QED) is 0.579. The van der Waals surface area contributed by atoms with E-state index in [0.717, 1.165) is 5.56 Å². The van der Waals surface area contributed by atoms with Crippen LogP contribution in [0.3, 0.4) is 0 Å². The Labute approximate surface area is 98.6 Å². The second-order valence-electron chi connectivity index (χ2n) is 3.61. The summed E-state index contributed by atoms with van der Waals surface area (Å²) in [5.74, 6) is -1.02. The Hall–Kier alpha value is -2.05. The first kappa shape index (κ1) is 13.0. The molecule has 0 spiro atoms. The highest BCUT2D eigenvalue weighted by Gasteiger charge is 2.18. The Balaban J connectivity index is 2.34. The third-order valence-corrected chi connectivity index (χ3v) is 2.19. The topological polar surface area (TPSA) is 107 Å². The Morgan fingerprint density at radius 1 is 1.59 bits per heavy atom. The van der Waals surface area contributed by atoms with Crippen molar-refractivity contribution in [1.82, 2.24) is 20.8 Å². The molecule has 0 bridgehead atoms. The van der Waals surface area contributed by atoms with Crippen molar-refractivity contribution in [3.63, 3.8) is 0 Å². The predicted molar refractivity (Wildman–Crippen MR) is 60.3 cm³/mol. The molecule has 0 radical (unpaired) electrons. The molecule has 7 heteroatoms. The first-order valence-electron chi connectivity index (χ1n) is 5.38. The SMILES string of the molecule is CCC[C@@H](NC(=O)NCc1cn[nH]c1)C(=O)O. The van der Waals surface area contributed by atoms with Gasteiger partial charge in [-0.2, -0.15) is 5.10 Å². The number of rotatable bonds is 6. The molecule has 0 aliphatic rings. The maximum atomic E-state index is 11.4. The third kappa shape index (κ3) is 4.54. The Bertz CT molecular complexity index is 364. The zero-order chi connectivity index (χ0) is 12.7. The molecule has 4 N–H and O–H groups in total. The number of carbonyl (C=O) groups is 2. The van der Waals surface area contributed by atoms with Gasteiger partial charge in [-0.3, -0.25) is 5.10 Å². The van der Waals surface area contributed by atoms with E-state index in [9.17, 15) is 9.59 Å². The molecule has 1 heterocycles. The van der Waals surface area contributed by atoms with E-state index >= 15 is 0 Å². The molecule has 1 aromatic heterocycles. The molecular formula is C10H16N4O3. The summed E-state index contributed by atoms with van der Waals surface area (Å²) < 4.78 is 0. The molecule has 0 saturated carbocycles. The molecule has 1 atom stereocenters. The summed E-state index contributed by atoms with van der Waals surface area (Å²) in [5.41, 5.74) is 0.822. The van der Waals surface area contributed by atoms with Crippen LogP contribution in [0.5, 0.6) is 0 Å². The average molecular weight is 240 g/mol. The lowest BCUT2D eigenvalue weighted by Gasteiger charge is -2.13. The van der Waals surface area contributed by atoms with E-state index in [0.29, 0.717) is 19.4 Å². The molecular weight excluding hydrogens is 224 g/mol. The van der Waals surface area contributed by atoms with Crippen LogP contribution >= 0.6 is 0 Å². The molecule has 1 aromatic rings. The van der Waals surface area contributed by atoms with Gasteiger partial charge in [0.05, 0.1) is 6.20 Å². The highest BCUT2D eigenvalue weighted by molar-refractivity contribution is 5.82. The second-order valence-corrected chi connectivity index (χ2v) is 3.61. The van der Waals surface area contributed by atoms with Crippen LogP contribution in [-0.4, -0.2) is 33.3 Å². The lowest BCUT2D eigenvalue weighted by molar-refractivity contribution is -0.139. The van der Waals surface area contributed by atoms with Crippen molar-refractivity contribution in [3.8, 4) is 0 Å². The van der Waals surface area contributed by atoms with Gasteiger partial charge in [-0.05, 0) is 6.42 Å². The van der Waals surface area contributed by atoms with E-state index in [4.69, 9.17) is 5.11 Å². The van der Waals surface area contributed by atoms with Gasteiger partial charge in [0.25, 0.3) is 0 Å². The summed E-state index contributed by atoms with van der Waals surface area (Å²) in [6.45, 7) is 2.17. The summed E-state index contributed by atoms with van der Waals surface area (Å²) in [6, 6.07) is -1.34. The van der Waals surface area contributed by atoms with Gasteiger partial charge in [0.15, 0.2) is 0 Å². The van der Waals surface area contributed by atoms with Crippen molar-refractivity contribution < 1.29 is 14.7 Å². The maximum Gasteiger partial charge on any atom is 0.326 e. The van der Waals surface area contributed by atoms with Crippen molar-refractivity contribution in [2.45, 2.75) is 32.4 Å². The Kier molecular flexibility index (Phi) is 4.99. The minimum atomic E-state index is -1.02. The normalized spacial score (nSPS) is 11.8. The minimum absolute atomic E-state index is 0.306. The first-order valence-corrected chi connectivity index (χ1v) is 5.38. The third-order valence-electron chi connectivity index (χ3n) is 2.19. The number of urea groups is 1. The average Bonchev–Trinajstić information content (AvgIpc) is 2.78. The number of hydrogen-bond acceptors (Lipinski definition) is 3. The van der Waals surface area contributed by atoms with E-state index in [1.807, 2.05) is 6.92 Å². The number of aromatic nitrogens is 2. The van der Waals surface area contributed by atoms with Crippen LogP contribution in [0.1, 0.15) is 25.3 Å². The molecule has 94 valence electrons. The van der Waals surface area contributed by atoms with Crippen LogP contribution in [0.2, 0.25) is 0 Å². The van der Waals surface area contributed by atoms with Gasteiger partial charge in [-0.25, -0.2) is 9.59 Å². The van der Waals surface area contributed by atoms with Crippen molar-refractivity contribution >= 4 is 12.0 Å². The lowest BCUT2D eigenvalue weighted by Crippen LogP contribution is -2.45. The van der Waals surface area contributed by atoms with Crippen LogP contribution in [0.4, 0.5) is 4.79 Å². The fraction of sp³-hybridized carbons (Fsp3) is 0.500. The van der Waals surface area contributed by atoms with Crippen LogP contribution in [0.25, 0.3) is 0 Å². The zero-order valence-electron chi connectivity index (χ0n) is 9.56. The number of hydrogen-bond donors (Lipinski definition) is 4. The van der Waals surface area contributed by atoms with Gasteiger partial charge in [-0.15, -0.1) is 0 Å². The van der Waals surface area contributed by atoms with Crippen LogP contribution < -0.4 is 10.6 Å². The smallest absolute Gasteiger partial charge is 0.326 e. The van der Waals surface area contributed by atoms with Crippen molar-refractivity contribution in [3.05, 3.63) is 18.0 Å². The van der Waals surface area contributed by atoms with Crippen LogP contribution in [-0.2, 0) is 11.3 Å². The highest BCUT2D eigenvalue weighted by Crippen LogP contribution is 1.97. The Morgan fingerprint density at radius 2 is 2.35 bits per heavy atom. The fourth-order valence-corrected chi connectivity index (χ4v) is 1.31. The van der Waals surface area contributed by atoms with Crippen LogP contribution in [0.15, 0.2) is 12.4 Å². The van der Waals surface area contributed by atoms with Crippen molar-refractivity contribution in [2.75, 3.05) is 0 Å². The number of carboxylic acid groups (broad SMARTS) is 1. The van der Waals surface area contributed by atoms with E-state index in [-0.39, 0.29) is 0 Å². The number of nitrogens with zero attached hydrogens (tertiary/aromatic N) is 1. The van der Waals surface area contributed by atoms with Crippen molar-refractivity contribution in [1.29, 1.82) is 0 Å². The molecule has 2 amide bonds. The Morgan fingerprint density at radius 3 is 2.88 bits per heavy atom. The van der Waals surface area contributed by atoms with Gasteiger partial charge in [0, 0.05) is 18.3 Å². The number of carboxylic acids is 1. The molecule has 17 heavy (non-hydrogen) atoms. The van der Waals surface area contributed by atoms with Gasteiger partial charge in [-0.1, -0.05) is 13.3 Å². The maximum absolute atomic E-state index is 11.4. The molecule has 0 aliphatic heterocycles. The van der Waals surface area contributed by atoms with Gasteiger partial charge >= 0.3 is 12.0 Å². The highest BCUT2D eigenvalue weighted by atomic mass is 16.4. The van der Waals surface area contributed by atoms with Gasteiger partial charge in [0.1, 0.15) is 6.04 Å². The molecule has 1 rings (SSSR count). The lowest BCUT2D eigenvalue weighted by atomic mass is 10.2. The number of H-pyrrole nitrogens is 1. The summed E-state index contributed by atoms with van der Waals surface area (Å²) in [7, 11) is 0.